The van der Waals surface area contributed by atoms with Crippen LogP contribution in [0.2, 0.25) is 0 Å². The van der Waals surface area contributed by atoms with E-state index < -0.39 is 17.7 Å². The van der Waals surface area contributed by atoms with Gasteiger partial charge in [-0.25, -0.2) is 13.6 Å². The van der Waals surface area contributed by atoms with Crippen LogP contribution >= 0.6 is 0 Å². The van der Waals surface area contributed by atoms with E-state index in [0.29, 0.717) is 40.6 Å². The van der Waals surface area contributed by atoms with Gasteiger partial charge >= 0.3 is 12.1 Å². The molecule has 2 aromatic carbocycles. The third-order valence-corrected chi connectivity index (χ3v) is 10.1. The maximum Gasteiger partial charge on any atom is 0.407 e. The minimum atomic E-state index is -0.938. The number of anilines is 1. The number of piperazine rings is 1. The van der Waals surface area contributed by atoms with Gasteiger partial charge in [-0.1, -0.05) is 48.4 Å². The first kappa shape index (κ1) is 29.3. The molecule has 1 N–H and O–H groups in total. The Bertz CT molecular complexity index is 2040. The van der Waals surface area contributed by atoms with E-state index in [-0.39, 0.29) is 47.0 Å². The Morgan fingerprint density at radius 2 is 1.83 bits per heavy atom. The molecule has 9 nitrogen and oxygen atoms in total. The summed E-state index contributed by atoms with van der Waals surface area (Å²) in [5, 5.41) is 11.3. The minimum absolute atomic E-state index is 0.0153. The fourth-order valence-electron chi connectivity index (χ4n) is 8.26. The number of hydrogen-bond acceptors (Lipinski definition) is 7. The van der Waals surface area contributed by atoms with Crippen LogP contribution in [0, 0.1) is 24.0 Å². The van der Waals surface area contributed by atoms with Crippen molar-refractivity contribution in [2.75, 3.05) is 37.7 Å². The van der Waals surface area contributed by atoms with E-state index in [1.165, 1.54) is 17.0 Å². The number of fused-ring (bicyclic) bond motifs is 5. The Morgan fingerprint density at radius 3 is 2.51 bits per heavy atom. The van der Waals surface area contributed by atoms with Crippen molar-refractivity contribution in [2.45, 2.75) is 43.3 Å². The molecule has 4 aliphatic rings. The van der Waals surface area contributed by atoms with Crippen LogP contribution in [0.25, 0.3) is 32.9 Å². The molecule has 4 fully saturated rings. The Morgan fingerprint density at radius 1 is 1.11 bits per heavy atom. The first-order valence-electron chi connectivity index (χ1n) is 15.7. The number of benzene rings is 2. The van der Waals surface area contributed by atoms with Crippen molar-refractivity contribution in [1.29, 1.82) is 0 Å². The number of halogens is 2. The summed E-state index contributed by atoms with van der Waals surface area (Å²) in [4.78, 5) is 31.8. The van der Waals surface area contributed by atoms with Gasteiger partial charge in [-0.2, -0.15) is 9.97 Å². The Hall–Kier alpha value is -5.08. The van der Waals surface area contributed by atoms with Crippen LogP contribution in [0.1, 0.15) is 31.2 Å². The molecule has 6 heterocycles. The van der Waals surface area contributed by atoms with Gasteiger partial charge in [-0.05, 0) is 43.2 Å². The van der Waals surface area contributed by atoms with Crippen molar-refractivity contribution in [3.63, 3.8) is 0 Å². The Balaban J connectivity index is 1.25. The molecule has 11 heteroatoms. The van der Waals surface area contributed by atoms with Gasteiger partial charge in [0.1, 0.15) is 29.5 Å². The van der Waals surface area contributed by atoms with Crippen molar-refractivity contribution in [3.8, 4) is 29.6 Å². The molecule has 0 spiro atoms. The number of ether oxygens (including phenoxy) is 1. The van der Waals surface area contributed by atoms with E-state index in [4.69, 9.17) is 16.1 Å². The molecule has 238 valence electrons. The van der Waals surface area contributed by atoms with Gasteiger partial charge in [-0.3, -0.25) is 14.8 Å². The van der Waals surface area contributed by atoms with E-state index in [9.17, 15) is 14.3 Å². The van der Waals surface area contributed by atoms with Gasteiger partial charge in [0.2, 0.25) is 0 Å². The van der Waals surface area contributed by atoms with Gasteiger partial charge in [0.05, 0.1) is 23.0 Å². The van der Waals surface area contributed by atoms with Crippen molar-refractivity contribution in [2.24, 2.45) is 0 Å². The maximum atomic E-state index is 16.8. The molecule has 4 aromatic rings. The summed E-state index contributed by atoms with van der Waals surface area (Å²) in [6.07, 6.45) is 9.35. The van der Waals surface area contributed by atoms with Crippen LogP contribution in [0.5, 0.6) is 6.01 Å². The summed E-state index contributed by atoms with van der Waals surface area (Å²) in [5.41, 5.74) is 2.66. The Labute approximate surface area is 270 Å². The lowest BCUT2D eigenvalue weighted by atomic mass is 9.92. The highest BCUT2D eigenvalue weighted by molar-refractivity contribution is 6.02. The van der Waals surface area contributed by atoms with Crippen molar-refractivity contribution < 1.29 is 23.4 Å². The van der Waals surface area contributed by atoms with Crippen LogP contribution in [0.3, 0.4) is 0 Å². The summed E-state index contributed by atoms with van der Waals surface area (Å²) < 4.78 is 37.5. The minimum Gasteiger partial charge on any atom is -0.465 e. The van der Waals surface area contributed by atoms with Gasteiger partial charge in [0, 0.05) is 48.9 Å². The average Bonchev–Trinajstić information content (AvgIpc) is 3.61. The van der Waals surface area contributed by atoms with Crippen LogP contribution in [-0.2, 0) is 0 Å². The molecule has 4 saturated heterocycles. The topological polar surface area (TPSA) is 94.9 Å². The van der Waals surface area contributed by atoms with Gasteiger partial charge in [0.15, 0.2) is 5.82 Å². The molecule has 4 aliphatic heterocycles. The molecule has 0 radical (unpaired) electrons. The number of carbonyl (C=O) groups is 1. The van der Waals surface area contributed by atoms with Crippen LogP contribution in [-0.4, -0.2) is 86.4 Å². The molecule has 2 atom stereocenters. The number of rotatable bonds is 5. The molecule has 47 heavy (non-hydrogen) atoms. The van der Waals surface area contributed by atoms with Crippen molar-refractivity contribution >= 4 is 33.6 Å². The van der Waals surface area contributed by atoms with Crippen LogP contribution in [0.15, 0.2) is 60.8 Å². The second-order valence-electron chi connectivity index (χ2n) is 13.2. The summed E-state index contributed by atoms with van der Waals surface area (Å²) in [5.74, 6) is 1.79. The molecular weight excluding hydrogens is 602 g/mol. The molecule has 0 aliphatic carbocycles. The Kier molecular flexibility index (Phi) is 6.70. The summed E-state index contributed by atoms with van der Waals surface area (Å²) in [7, 11) is 0. The molecule has 0 saturated carbocycles. The SMILES string of the molecule is C#Cc1cc(F)cc2cccc(-c3ncc4c(N5C[C@H]6CC[C@@H](C5)N6C(=O)O)nc(OCC56CC(=C)CN5CC(=C)C6)nc4c3F)c12. The standard InChI is InChI=1S/C36H32F2N6O3/c1-4-22-10-24(37)11-23-6-5-7-27(29(22)23)31-30(38)32-28(14-39-31)33(42-17-25-8-9-26(18-42)44(25)35(45)46)41-34(40-32)47-19-36-12-20(2)15-43(36)16-21(3)13-36/h1,5-7,10-11,14,25-26H,2-3,8-9,12-13,15-19H2,(H,45,46)/t25-,26+. The largest absolute Gasteiger partial charge is 0.465 e. The monoisotopic (exact) mass is 634 g/mol. The van der Waals surface area contributed by atoms with Gasteiger partial charge < -0.3 is 14.7 Å². The molecule has 2 bridgehead atoms. The number of hydrogen-bond donors (Lipinski definition) is 1. The summed E-state index contributed by atoms with van der Waals surface area (Å²) in [6, 6.07) is 7.33. The summed E-state index contributed by atoms with van der Waals surface area (Å²) >= 11 is 0. The zero-order chi connectivity index (χ0) is 32.6. The number of amides is 1. The number of aromatic nitrogens is 3. The first-order chi connectivity index (χ1) is 22.6. The fourth-order valence-corrected chi connectivity index (χ4v) is 8.26. The molecule has 2 aromatic heterocycles. The highest BCUT2D eigenvalue weighted by Gasteiger charge is 2.48. The number of pyridine rings is 1. The zero-order valence-corrected chi connectivity index (χ0v) is 25.7. The highest BCUT2D eigenvalue weighted by Crippen LogP contribution is 2.43. The lowest BCUT2D eigenvalue weighted by Crippen LogP contribution is -2.55. The second-order valence-corrected chi connectivity index (χ2v) is 13.2. The van der Waals surface area contributed by atoms with E-state index >= 15 is 4.39 Å². The zero-order valence-electron chi connectivity index (χ0n) is 25.7. The molecule has 8 rings (SSSR count). The quantitative estimate of drug-likeness (QED) is 0.218. The smallest absolute Gasteiger partial charge is 0.407 e. The lowest BCUT2D eigenvalue weighted by Gasteiger charge is -2.40. The van der Waals surface area contributed by atoms with E-state index in [1.807, 2.05) is 4.90 Å². The highest BCUT2D eigenvalue weighted by atomic mass is 19.1. The second kappa shape index (κ2) is 10.7. The van der Waals surface area contributed by atoms with Crippen LogP contribution in [0.4, 0.5) is 19.4 Å². The first-order valence-corrected chi connectivity index (χ1v) is 15.7. The maximum absolute atomic E-state index is 16.8. The van der Waals surface area contributed by atoms with E-state index in [0.717, 1.165) is 49.9 Å². The van der Waals surface area contributed by atoms with E-state index in [1.54, 1.807) is 24.4 Å². The van der Waals surface area contributed by atoms with Gasteiger partial charge in [-0.15, -0.1) is 6.42 Å². The van der Waals surface area contributed by atoms with Crippen molar-refractivity contribution in [3.05, 3.63) is 78.0 Å². The third-order valence-electron chi connectivity index (χ3n) is 10.1. The predicted octanol–water partition coefficient (Wildman–Crippen LogP) is 5.77. The molecule has 0 unspecified atom stereocenters. The fraction of sp³-hybridized carbons (Fsp3) is 0.333. The summed E-state index contributed by atoms with van der Waals surface area (Å²) in [6.45, 7) is 11.0. The van der Waals surface area contributed by atoms with E-state index in [2.05, 4.69) is 33.9 Å². The number of carboxylic acid groups (broad SMARTS) is 1. The van der Waals surface area contributed by atoms with Crippen molar-refractivity contribution in [1.82, 2.24) is 24.8 Å². The lowest BCUT2D eigenvalue weighted by molar-refractivity contribution is 0.107. The predicted molar refractivity (Wildman–Crippen MR) is 174 cm³/mol. The molecule has 1 amide bonds. The average molecular weight is 635 g/mol. The number of nitrogens with zero attached hydrogens (tertiary/aromatic N) is 6. The number of terminal acetylenes is 1. The van der Waals surface area contributed by atoms with Gasteiger partial charge in [0.25, 0.3) is 0 Å². The third kappa shape index (κ3) is 4.69. The molecular formula is C36H32F2N6O3. The normalized spacial score (nSPS) is 21.9. The van der Waals surface area contributed by atoms with Crippen LogP contribution < -0.4 is 9.64 Å².